The lowest BCUT2D eigenvalue weighted by Crippen LogP contribution is -2.27. The monoisotopic (exact) mass is 286 g/mol. The summed E-state index contributed by atoms with van der Waals surface area (Å²) in [7, 11) is 0. The van der Waals surface area contributed by atoms with E-state index in [1.54, 1.807) is 0 Å². The third kappa shape index (κ3) is 4.86. The number of carbonyl (C=O) groups is 1. The number of hydrogen-bond donors (Lipinski definition) is 2. The van der Waals surface area contributed by atoms with E-state index in [9.17, 15) is 4.79 Å². The first kappa shape index (κ1) is 15.4. The van der Waals surface area contributed by atoms with Crippen molar-refractivity contribution in [1.29, 1.82) is 0 Å². The predicted octanol–water partition coefficient (Wildman–Crippen LogP) is 1.05. The zero-order valence-electron chi connectivity index (χ0n) is 11.4. The summed E-state index contributed by atoms with van der Waals surface area (Å²) in [5, 5.41) is 3.10. The van der Waals surface area contributed by atoms with Gasteiger partial charge in [-0.2, -0.15) is 15.0 Å². The Labute approximate surface area is 117 Å². The molecule has 1 aromatic rings. The van der Waals surface area contributed by atoms with Gasteiger partial charge in [-0.05, 0) is 32.4 Å². The number of anilines is 2. The molecule has 106 valence electrons. The van der Waals surface area contributed by atoms with Crippen molar-refractivity contribution < 1.29 is 4.79 Å². The SMILES string of the molecule is CCN(CC)c1nc(Cl)nc(NC(C)CC(N)=O)n1. The normalized spacial score (nSPS) is 12.0. The van der Waals surface area contributed by atoms with Crippen molar-refractivity contribution in [3.63, 3.8) is 0 Å². The molecule has 1 atom stereocenters. The highest BCUT2D eigenvalue weighted by atomic mass is 35.5. The Hall–Kier alpha value is -1.63. The summed E-state index contributed by atoms with van der Waals surface area (Å²) in [6.45, 7) is 7.37. The first-order valence-electron chi connectivity index (χ1n) is 6.17. The zero-order chi connectivity index (χ0) is 14.4. The number of nitrogens with zero attached hydrogens (tertiary/aromatic N) is 4. The molecule has 8 heteroatoms. The number of aromatic nitrogens is 3. The fraction of sp³-hybridized carbons (Fsp3) is 0.636. The van der Waals surface area contributed by atoms with E-state index < -0.39 is 0 Å². The van der Waals surface area contributed by atoms with E-state index in [0.717, 1.165) is 13.1 Å². The van der Waals surface area contributed by atoms with Gasteiger partial charge in [-0.15, -0.1) is 0 Å². The molecule has 0 aliphatic heterocycles. The third-order valence-electron chi connectivity index (χ3n) is 2.53. The van der Waals surface area contributed by atoms with Gasteiger partial charge >= 0.3 is 0 Å². The van der Waals surface area contributed by atoms with Crippen LogP contribution in [0.2, 0.25) is 5.28 Å². The van der Waals surface area contributed by atoms with Crippen LogP contribution in [0.4, 0.5) is 11.9 Å². The van der Waals surface area contributed by atoms with E-state index >= 15 is 0 Å². The van der Waals surface area contributed by atoms with E-state index in [4.69, 9.17) is 17.3 Å². The van der Waals surface area contributed by atoms with Crippen molar-refractivity contribution in [3.8, 4) is 0 Å². The zero-order valence-corrected chi connectivity index (χ0v) is 12.1. The fourth-order valence-corrected chi connectivity index (χ4v) is 1.78. The Morgan fingerprint density at radius 1 is 1.37 bits per heavy atom. The topological polar surface area (TPSA) is 97.0 Å². The third-order valence-corrected chi connectivity index (χ3v) is 2.69. The Bertz CT molecular complexity index is 437. The number of hydrogen-bond acceptors (Lipinski definition) is 6. The highest BCUT2D eigenvalue weighted by molar-refractivity contribution is 6.28. The van der Waals surface area contributed by atoms with Crippen LogP contribution in [0.1, 0.15) is 27.2 Å². The Kier molecular flexibility index (Phi) is 5.75. The average molecular weight is 287 g/mol. The predicted molar refractivity (Wildman–Crippen MR) is 75.3 cm³/mol. The molecule has 7 nitrogen and oxygen atoms in total. The molecular formula is C11H19ClN6O. The second kappa shape index (κ2) is 7.08. The molecule has 3 N–H and O–H groups in total. The van der Waals surface area contributed by atoms with Crippen LogP contribution in [-0.2, 0) is 4.79 Å². The van der Waals surface area contributed by atoms with Crippen LogP contribution >= 0.6 is 11.6 Å². The van der Waals surface area contributed by atoms with Crippen LogP contribution in [0, 0.1) is 0 Å². The van der Waals surface area contributed by atoms with Crippen molar-refractivity contribution in [2.24, 2.45) is 5.73 Å². The van der Waals surface area contributed by atoms with Gasteiger partial charge in [0.25, 0.3) is 0 Å². The largest absolute Gasteiger partial charge is 0.370 e. The summed E-state index contributed by atoms with van der Waals surface area (Å²) in [4.78, 5) is 25.1. The lowest BCUT2D eigenvalue weighted by molar-refractivity contribution is -0.118. The molecule has 19 heavy (non-hydrogen) atoms. The minimum atomic E-state index is -0.385. The van der Waals surface area contributed by atoms with Gasteiger partial charge in [-0.1, -0.05) is 0 Å². The number of primary amides is 1. The van der Waals surface area contributed by atoms with Crippen molar-refractivity contribution in [2.75, 3.05) is 23.3 Å². The van der Waals surface area contributed by atoms with Crippen molar-refractivity contribution in [2.45, 2.75) is 33.2 Å². The Morgan fingerprint density at radius 3 is 2.53 bits per heavy atom. The molecule has 1 rings (SSSR count). The number of nitrogens with two attached hydrogens (primary N) is 1. The molecule has 0 saturated heterocycles. The molecule has 0 fully saturated rings. The molecule has 0 aliphatic rings. The highest BCUT2D eigenvalue weighted by Crippen LogP contribution is 2.14. The molecule has 0 aliphatic carbocycles. The van der Waals surface area contributed by atoms with Crippen LogP contribution in [0.25, 0.3) is 0 Å². The van der Waals surface area contributed by atoms with Crippen LogP contribution in [0.15, 0.2) is 0 Å². The lowest BCUT2D eigenvalue weighted by atomic mass is 10.2. The van der Waals surface area contributed by atoms with E-state index in [2.05, 4.69) is 20.3 Å². The highest BCUT2D eigenvalue weighted by Gasteiger charge is 2.12. The minimum absolute atomic E-state index is 0.116. The first-order chi connectivity index (χ1) is 8.96. The van der Waals surface area contributed by atoms with Crippen LogP contribution in [-0.4, -0.2) is 40.0 Å². The summed E-state index contributed by atoms with van der Waals surface area (Å²) in [6.07, 6.45) is 0.198. The lowest BCUT2D eigenvalue weighted by Gasteiger charge is -2.19. The summed E-state index contributed by atoms with van der Waals surface area (Å²) in [6, 6.07) is -0.166. The molecule has 1 heterocycles. The second-order valence-electron chi connectivity index (χ2n) is 4.12. The maximum absolute atomic E-state index is 10.8. The van der Waals surface area contributed by atoms with Crippen LogP contribution in [0.3, 0.4) is 0 Å². The molecular weight excluding hydrogens is 268 g/mol. The van der Waals surface area contributed by atoms with Crippen LogP contribution in [0.5, 0.6) is 0 Å². The Balaban J connectivity index is 2.87. The maximum atomic E-state index is 10.8. The molecule has 1 amide bonds. The molecule has 0 spiro atoms. The minimum Gasteiger partial charge on any atom is -0.370 e. The molecule has 1 aromatic heterocycles. The average Bonchev–Trinajstić information content (AvgIpc) is 2.28. The van der Waals surface area contributed by atoms with Gasteiger partial charge in [0.05, 0.1) is 0 Å². The maximum Gasteiger partial charge on any atom is 0.231 e. The number of carbonyl (C=O) groups excluding carboxylic acids is 1. The van der Waals surface area contributed by atoms with Gasteiger partial charge < -0.3 is 16.0 Å². The molecule has 0 aromatic carbocycles. The quantitative estimate of drug-likeness (QED) is 0.777. The van der Waals surface area contributed by atoms with Gasteiger partial charge in [-0.25, -0.2) is 0 Å². The standard InChI is InChI=1S/C11H19ClN6O/c1-4-18(5-2)11-16-9(12)15-10(17-11)14-7(3)6-8(13)19/h7H,4-6H2,1-3H3,(H2,13,19)(H,14,15,16,17). The van der Waals surface area contributed by atoms with E-state index in [1.165, 1.54) is 0 Å². The smallest absolute Gasteiger partial charge is 0.231 e. The van der Waals surface area contributed by atoms with Crippen molar-refractivity contribution >= 4 is 29.4 Å². The molecule has 1 unspecified atom stereocenters. The van der Waals surface area contributed by atoms with Gasteiger partial charge in [-0.3, -0.25) is 4.79 Å². The van der Waals surface area contributed by atoms with E-state index in [0.29, 0.717) is 11.9 Å². The molecule has 0 saturated carbocycles. The van der Waals surface area contributed by atoms with E-state index in [1.807, 2.05) is 25.7 Å². The van der Waals surface area contributed by atoms with Crippen LogP contribution < -0.4 is 16.0 Å². The fourth-order valence-electron chi connectivity index (χ4n) is 1.63. The molecule has 0 radical (unpaired) electrons. The summed E-state index contributed by atoms with van der Waals surface area (Å²) >= 11 is 5.88. The molecule has 0 bridgehead atoms. The summed E-state index contributed by atoms with van der Waals surface area (Å²) in [5.41, 5.74) is 5.13. The van der Waals surface area contributed by atoms with Gasteiger partial charge in [0.1, 0.15) is 0 Å². The first-order valence-corrected chi connectivity index (χ1v) is 6.55. The number of halogens is 1. The number of rotatable bonds is 7. The van der Waals surface area contributed by atoms with Gasteiger partial charge in [0.2, 0.25) is 23.1 Å². The number of amides is 1. The number of nitrogens with one attached hydrogen (secondary N) is 1. The summed E-state index contributed by atoms with van der Waals surface area (Å²) < 4.78 is 0. The van der Waals surface area contributed by atoms with Crippen molar-refractivity contribution in [3.05, 3.63) is 5.28 Å². The second-order valence-corrected chi connectivity index (χ2v) is 4.45. The van der Waals surface area contributed by atoms with Gasteiger partial charge in [0, 0.05) is 25.6 Å². The Morgan fingerprint density at radius 2 is 2.00 bits per heavy atom. The van der Waals surface area contributed by atoms with Crippen molar-refractivity contribution in [1.82, 2.24) is 15.0 Å². The van der Waals surface area contributed by atoms with Gasteiger partial charge in [0.15, 0.2) is 0 Å². The van der Waals surface area contributed by atoms with E-state index in [-0.39, 0.29) is 23.7 Å². The summed E-state index contributed by atoms with van der Waals surface area (Å²) in [5.74, 6) is 0.471.